The van der Waals surface area contributed by atoms with E-state index < -0.39 is 0 Å². The number of amides is 1. The van der Waals surface area contributed by atoms with Gasteiger partial charge in [0.05, 0.1) is 25.6 Å². The molecule has 0 atom stereocenters. The zero-order chi connectivity index (χ0) is 17.9. The molecule has 1 amide bonds. The lowest BCUT2D eigenvalue weighted by Gasteiger charge is -2.06. The van der Waals surface area contributed by atoms with Gasteiger partial charge in [-0.2, -0.15) is 0 Å². The van der Waals surface area contributed by atoms with Crippen LogP contribution in [-0.4, -0.2) is 21.2 Å². The third kappa shape index (κ3) is 3.30. The van der Waals surface area contributed by atoms with Crippen LogP contribution in [0.5, 0.6) is 0 Å². The molecule has 0 bridgehead atoms. The molecule has 0 aliphatic carbocycles. The molecule has 1 N–H and O–H groups in total. The first-order valence-electron chi connectivity index (χ1n) is 8.17. The van der Waals surface area contributed by atoms with E-state index in [2.05, 4.69) is 27.1 Å². The Morgan fingerprint density at radius 2 is 2.27 bits per heavy atom. The Hall–Kier alpha value is -3.17. The first-order chi connectivity index (χ1) is 12.7. The molecule has 0 fully saturated rings. The molecular formula is C20H16N4OS. The number of aromatic nitrogens is 2. The van der Waals surface area contributed by atoms with Crippen molar-refractivity contribution < 1.29 is 4.79 Å². The highest BCUT2D eigenvalue weighted by atomic mass is 32.1. The normalized spacial score (nSPS) is 12.1. The Morgan fingerprint density at radius 3 is 3.04 bits per heavy atom. The number of benzene rings is 1. The number of thiophene rings is 1. The van der Waals surface area contributed by atoms with Crippen LogP contribution in [0.2, 0.25) is 0 Å². The van der Waals surface area contributed by atoms with Gasteiger partial charge >= 0.3 is 0 Å². The summed E-state index contributed by atoms with van der Waals surface area (Å²) in [7, 11) is 1.91. The molecule has 6 heteroatoms. The third-order valence-electron chi connectivity index (χ3n) is 4.16. The van der Waals surface area contributed by atoms with Gasteiger partial charge in [0, 0.05) is 23.1 Å². The van der Waals surface area contributed by atoms with Crippen LogP contribution in [0.15, 0.2) is 53.2 Å². The maximum Gasteiger partial charge on any atom is 0.251 e. The van der Waals surface area contributed by atoms with Crippen molar-refractivity contribution in [1.82, 2.24) is 14.9 Å². The standard InChI is InChI=1S/C20H16N4OS/c1-24-13-21-11-16(24)5-7-19-18-6-4-14(9-15(18)10-22-19)20(25)23-12-17-3-2-8-26-17/h2-4,6,8-9,11,13H,10,12H2,1H3,(H,23,25). The Bertz CT molecular complexity index is 1050. The lowest BCUT2D eigenvalue weighted by atomic mass is 10.0. The molecule has 0 unspecified atom stereocenters. The number of aryl methyl sites for hydroxylation is 1. The van der Waals surface area contributed by atoms with Gasteiger partial charge in [0.25, 0.3) is 5.91 Å². The highest BCUT2D eigenvalue weighted by Gasteiger charge is 2.16. The molecule has 2 aromatic heterocycles. The van der Waals surface area contributed by atoms with E-state index >= 15 is 0 Å². The van der Waals surface area contributed by atoms with Crippen LogP contribution in [0.3, 0.4) is 0 Å². The highest BCUT2D eigenvalue weighted by Crippen LogP contribution is 2.20. The largest absolute Gasteiger partial charge is 0.347 e. The van der Waals surface area contributed by atoms with Crippen molar-refractivity contribution in [3.63, 3.8) is 0 Å². The smallest absolute Gasteiger partial charge is 0.251 e. The number of fused-ring (bicyclic) bond motifs is 1. The number of hydrogen-bond acceptors (Lipinski definition) is 4. The van der Waals surface area contributed by atoms with E-state index in [4.69, 9.17) is 0 Å². The maximum absolute atomic E-state index is 12.4. The summed E-state index contributed by atoms with van der Waals surface area (Å²) in [6.07, 6.45) is 3.44. The van der Waals surface area contributed by atoms with Crippen LogP contribution in [-0.2, 0) is 20.1 Å². The van der Waals surface area contributed by atoms with Gasteiger partial charge in [-0.05, 0) is 41.0 Å². The SMILES string of the molecule is Cn1cncc1C#CC1=NCc2cc(C(=O)NCc3cccs3)ccc21. The van der Waals surface area contributed by atoms with Crippen molar-refractivity contribution in [2.75, 3.05) is 0 Å². The predicted octanol–water partition coefficient (Wildman–Crippen LogP) is 2.77. The summed E-state index contributed by atoms with van der Waals surface area (Å²) < 4.78 is 1.87. The van der Waals surface area contributed by atoms with Gasteiger partial charge in [-0.1, -0.05) is 12.1 Å². The lowest BCUT2D eigenvalue weighted by molar-refractivity contribution is 0.0951. The zero-order valence-corrected chi connectivity index (χ0v) is 15.0. The fraction of sp³-hybridized carbons (Fsp3) is 0.150. The minimum absolute atomic E-state index is 0.0735. The van der Waals surface area contributed by atoms with Crippen LogP contribution in [0.1, 0.15) is 32.1 Å². The number of imidazole rings is 1. The molecule has 4 rings (SSSR count). The zero-order valence-electron chi connectivity index (χ0n) is 14.2. The van der Waals surface area contributed by atoms with Gasteiger partial charge in [0.1, 0.15) is 11.4 Å². The summed E-state index contributed by atoms with van der Waals surface area (Å²) >= 11 is 1.63. The van der Waals surface area contributed by atoms with Crippen LogP contribution < -0.4 is 5.32 Å². The second-order valence-electron chi connectivity index (χ2n) is 5.94. The average molecular weight is 360 g/mol. The van der Waals surface area contributed by atoms with Crippen molar-refractivity contribution in [3.05, 3.63) is 75.5 Å². The topological polar surface area (TPSA) is 59.3 Å². The Labute approximate surface area is 155 Å². The molecular weight excluding hydrogens is 344 g/mol. The highest BCUT2D eigenvalue weighted by molar-refractivity contribution is 7.09. The Morgan fingerprint density at radius 1 is 1.35 bits per heavy atom. The van der Waals surface area contributed by atoms with Crippen molar-refractivity contribution in [2.45, 2.75) is 13.1 Å². The number of nitrogens with one attached hydrogen (secondary N) is 1. The molecule has 0 saturated carbocycles. The molecule has 1 aromatic carbocycles. The van der Waals surface area contributed by atoms with Gasteiger partial charge in [0.2, 0.25) is 0 Å². The van der Waals surface area contributed by atoms with E-state index in [1.165, 1.54) is 0 Å². The molecule has 3 heterocycles. The van der Waals surface area contributed by atoms with Gasteiger partial charge in [-0.25, -0.2) is 4.98 Å². The number of rotatable bonds is 3. The van der Waals surface area contributed by atoms with Gasteiger partial charge < -0.3 is 9.88 Å². The minimum Gasteiger partial charge on any atom is -0.347 e. The maximum atomic E-state index is 12.4. The summed E-state index contributed by atoms with van der Waals surface area (Å²) in [6, 6.07) is 9.65. The van der Waals surface area contributed by atoms with E-state index in [1.54, 1.807) is 23.9 Å². The van der Waals surface area contributed by atoms with Crippen LogP contribution in [0, 0.1) is 11.8 Å². The average Bonchev–Trinajstić information content (AvgIpc) is 3.39. The van der Waals surface area contributed by atoms with Crippen molar-refractivity contribution in [2.24, 2.45) is 12.0 Å². The third-order valence-corrected chi connectivity index (χ3v) is 5.04. The number of carbonyl (C=O) groups is 1. The van der Waals surface area contributed by atoms with E-state index in [1.807, 2.05) is 47.3 Å². The first-order valence-corrected chi connectivity index (χ1v) is 9.05. The molecule has 0 spiro atoms. The van der Waals surface area contributed by atoms with Gasteiger partial charge in [-0.3, -0.25) is 9.79 Å². The summed E-state index contributed by atoms with van der Waals surface area (Å²) in [5.74, 6) is 6.13. The lowest BCUT2D eigenvalue weighted by Crippen LogP contribution is -2.22. The van der Waals surface area contributed by atoms with Crippen LogP contribution >= 0.6 is 11.3 Å². The Kier molecular flexibility index (Phi) is 4.38. The second kappa shape index (κ2) is 6.98. The number of carbonyl (C=O) groups excluding carboxylic acids is 1. The number of aliphatic imine (C=N–C) groups is 1. The van der Waals surface area contributed by atoms with Crippen molar-refractivity contribution >= 4 is 23.0 Å². The minimum atomic E-state index is -0.0735. The van der Waals surface area contributed by atoms with Gasteiger partial charge in [-0.15, -0.1) is 11.3 Å². The molecule has 1 aliphatic rings. The van der Waals surface area contributed by atoms with Crippen LogP contribution in [0.25, 0.3) is 0 Å². The second-order valence-corrected chi connectivity index (χ2v) is 6.97. The monoisotopic (exact) mass is 360 g/mol. The summed E-state index contributed by atoms with van der Waals surface area (Å²) in [6.45, 7) is 1.10. The molecule has 0 radical (unpaired) electrons. The van der Waals surface area contributed by atoms with Crippen molar-refractivity contribution in [1.29, 1.82) is 0 Å². The fourth-order valence-electron chi connectivity index (χ4n) is 2.74. The molecule has 128 valence electrons. The molecule has 0 saturated heterocycles. The predicted molar refractivity (Wildman–Crippen MR) is 102 cm³/mol. The van der Waals surface area contributed by atoms with E-state index in [0.29, 0.717) is 18.7 Å². The quantitative estimate of drug-likeness (QED) is 0.730. The molecule has 1 aliphatic heterocycles. The van der Waals surface area contributed by atoms with E-state index in [9.17, 15) is 4.79 Å². The number of nitrogens with zero attached hydrogens (tertiary/aromatic N) is 3. The molecule has 26 heavy (non-hydrogen) atoms. The van der Waals surface area contributed by atoms with Crippen molar-refractivity contribution in [3.8, 4) is 11.8 Å². The Balaban J connectivity index is 1.48. The molecule has 3 aromatic rings. The van der Waals surface area contributed by atoms with E-state index in [-0.39, 0.29) is 5.91 Å². The first kappa shape index (κ1) is 16.3. The fourth-order valence-corrected chi connectivity index (χ4v) is 3.38. The summed E-state index contributed by atoms with van der Waals surface area (Å²) in [5.41, 5.74) is 4.27. The van der Waals surface area contributed by atoms with Crippen LogP contribution in [0.4, 0.5) is 0 Å². The summed E-state index contributed by atoms with van der Waals surface area (Å²) in [5, 5.41) is 4.95. The number of hydrogen-bond donors (Lipinski definition) is 1. The van der Waals surface area contributed by atoms with E-state index in [0.717, 1.165) is 27.4 Å². The summed E-state index contributed by atoms with van der Waals surface area (Å²) in [4.78, 5) is 22.1. The van der Waals surface area contributed by atoms with Gasteiger partial charge in [0.15, 0.2) is 0 Å². The molecule has 5 nitrogen and oxygen atoms in total.